The Balaban J connectivity index is 1.62. The molecule has 0 radical (unpaired) electrons. The molecule has 7 heteroatoms. The van der Waals surface area contributed by atoms with Gasteiger partial charge in [-0.05, 0) is 50.1 Å². The summed E-state index contributed by atoms with van der Waals surface area (Å²) >= 11 is 0. The highest BCUT2D eigenvalue weighted by molar-refractivity contribution is 5.91. The third-order valence-corrected chi connectivity index (χ3v) is 4.49. The molecule has 3 rings (SSSR count). The van der Waals surface area contributed by atoms with Crippen LogP contribution in [0.4, 0.5) is 4.39 Å². The number of amides is 1. The van der Waals surface area contributed by atoms with E-state index in [4.69, 9.17) is 4.74 Å². The van der Waals surface area contributed by atoms with E-state index in [0.717, 1.165) is 25.7 Å². The number of carbonyl (C=O) groups is 2. The molecule has 0 saturated carbocycles. The van der Waals surface area contributed by atoms with Crippen LogP contribution in [-0.2, 0) is 9.53 Å². The molecule has 1 aromatic carbocycles. The second-order valence-electron chi connectivity index (χ2n) is 6.46. The van der Waals surface area contributed by atoms with Crippen LogP contribution in [0, 0.1) is 5.82 Å². The minimum atomic E-state index is -0.849. The van der Waals surface area contributed by atoms with Gasteiger partial charge in [-0.25, -0.2) is 9.18 Å². The van der Waals surface area contributed by atoms with Gasteiger partial charge in [-0.1, -0.05) is 12.8 Å². The fourth-order valence-corrected chi connectivity index (χ4v) is 3.02. The zero-order valence-electron chi connectivity index (χ0n) is 14.7. The lowest BCUT2D eigenvalue weighted by atomic mass is 10.1. The maximum atomic E-state index is 13.0. The Labute approximate surface area is 151 Å². The zero-order valence-corrected chi connectivity index (χ0v) is 14.7. The SMILES string of the molecule is CC(OC(=O)c1cc(-c2ccc(F)cc2)n[nH]1)C(=O)N1CCCCCC1. The summed E-state index contributed by atoms with van der Waals surface area (Å²) in [5.41, 5.74) is 1.33. The van der Waals surface area contributed by atoms with E-state index in [-0.39, 0.29) is 17.4 Å². The summed E-state index contributed by atoms with van der Waals surface area (Å²) < 4.78 is 18.3. The molecule has 1 atom stereocenters. The number of hydrogen-bond acceptors (Lipinski definition) is 4. The number of aromatic nitrogens is 2. The maximum absolute atomic E-state index is 13.0. The molecule has 1 aliphatic rings. The van der Waals surface area contributed by atoms with Gasteiger partial charge in [0.2, 0.25) is 0 Å². The first-order chi connectivity index (χ1) is 12.5. The summed E-state index contributed by atoms with van der Waals surface area (Å²) in [4.78, 5) is 26.5. The Morgan fingerprint density at radius 3 is 2.46 bits per heavy atom. The first-order valence-corrected chi connectivity index (χ1v) is 8.86. The fourth-order valence-electron chi connectivity index (χ4n) is 3.02. The molecule has 1 N–H and O–H groups in total. The van der Waals surface area contributed by atoms with Crippen LogP contribution < -0.4 is 0 Å². The third kappa shape index (κ3) is 4.28. The highest BCUT2D eigenvalue weighted by Gasteiger charge is 2.25. The Bertz CT molecular complexity index is 765. The number of H-pyrrole nitrogens is 1. The smallest absolute Gasteiger partial charge is 0.357 e. The molecule has 1 aromatic heterocycles. The number of halogens is 1. The highest BCUT2D eigenvalue weighted by Crippen LogP contribution is 2.19. The summed E-state index contributed by atoms with van der Waals surface area (Å²) in [6.45, 7) is 3.00. The number of likely N-dealkylation sites (tertiary alicyclic amines) is 1. The molecular weight excluding hydrogens is 337 g/mol. The Morgan fingerprint density at radius 1 is 1.15 bits per heavy atom. The molecule has 1 amide bonds. The number of rotatable bonds is 4. The summed E-state index contributed by atoms with van der Waals surface area (Å²) in [5, 5.41) is 6.66. The van der Waals surface area contributed by atoms with Crippen molar-refractivity contribution in [1.82, 2.24) is 15.1 Å². The molecule has 138 valence electrons. The molecule has 2 heterocycles. The molecule has 1 unspecified atom stereocenters. The van der Waals surface area contributed by atoms with Crippen molar-refractivity contribution in [1.29, 1.82) is 0 Å². The minimum Gasteiger partial charge on any atom is -0.448 e. The highest BCUT2D eigenvalue weighted by atomic mass is 19.1. The quantitative estimate of drug-likeness (QED) is 0.851. The summed E-state index contributed by atoms with van der Waals surface area (Å²) in [6.07, 6.45) is 3.36. The lowest BCUT2D eigenvalue weighted by Gasteiger charge is -2.23. The van der Waals surface area contributed by atoms with Crippen LogP contribution in [0.2, 0.25) is 0 Å². The van der Waals surface area contributed by atoms with Crippen molar-refractivity contribution in [2.45, 2.75) is 38.7 Å². The van der Waals surface area contributed by atoms with Crippen molar-refractivity contribution >= 4 is 11.9 Å². The molecule has 2 aromatic rings. The van der Waals surface area contributed by atoms with Crippen molar-refractivity contribution in [2.24, 2.45) is 0 Å². The van der Waals surface area contributed by atoms with Gasteiger partial charge in [0, 0.05) is 18.7 Å². The van der Waals surface area contributed by atoms with E-state index in [1.165, 1.54) is 18.2 Å². The number of aromatic amines is 1. The first kappa shape index (κ1) is 18.1. The molecule has 1 fully saturated rings. The molecule has 0 bridgehead atoms. The molecular formula is C19H22FN3O3. The number of nitrogens with one attached hydrogen (secondary N) is 1. The van der Waals surface area contributed by atoms with E-state index in [1.54, 1.807) is 24.0 Å². The normalized spacial score (nSPS) is 16.0. The van der Waals surface area contributed by atoms with Crippen molar-refractivity contribution in [3.63, 3.8) is 0 Å². The van der Waals surface area contributed by atoms with Crippen molar-refractivity contribution in [3.8, 4) is 11.3 Å². The molecule has 1 saturated heterocycles. The Morgan fingerprint density at radius 2 is 1.81 bits per heavy atom. The average Bonchev–Trinajstić information content (AvgIpc) is 2.97. The van der Waals surface area contributed by atoms with E-state index in [9.17, 15) is 14.0 Å². The zero-order chi connectivity index (χ0) is 18.5. The van der Waals surface area contributed by atoms with Crippen LogP contribution in [0.15, 0.2) is 30.3 Å². The van der Waals surface area contributed by atoms with E-state index in [0.29, 0.717) is 24.3 Å². The third-order valence-electron chi connectivity index (χ3n) is 4.49. The van der Waals surface area contributed by atoms with Gasteiger partial charge in [0.25, 0.3) is 5.91 Å². The van der Waals surface area contributed by atoms with Crippen molar-refractivity contribution in [3.05, 3.63) is 41.8 Å². The van der Waals surface area contributed by atoms with Crippen LogP contribution in [0.5, 0.6) is 0 Å². The number of carbonyl (C=O) groups excluding carboxylic acids is 2. The Hall–Kier alpha value is -2.70. The molecule has 26 heavy (non-hydrogen) atoms. The average molecular weight is 359 g/mol. The summed E-state index contributed by atoms with van der Waals surface area (Å²) in [5.74, 6) is -1.15. The van der Waals surface area contributed by atoms with Crippen LogP contribution in [-0.4, -0.2) is 46.2 Å². The predicted molar refractivity (Wildman–Crippen MR) is 93.9 cm³/mol. The molecule has 0 spiro atoms. The van der Waals surface area contributed by atoms with Gasteiger partial charge in [-0.2, -0.15) is 5.10 Å². The second kappa shape index (κ2) is 8.12. The lowest BCUT2D eigenvalue weighted by Crippen LogP contribution is -2.40. The second-order valence-corrected chi connectivity index (χ2v) is 6.46. The van der Waals surface area contributed by atoms with Crippen LogP contribution in [0.1, 0.15) is 43.1 Å². The van der Waals surface area contributed by atoms with Gasteiger partial charge in [0.15, 0.2) is 6.10 Å². The van der Waals surface area contributed by atoms with Gasteiger partial charge in [0.1, 0.15) is 11.5 Å². The molecule has 6 nitrogen and oxygen atoms in total. The number of esters is 1. The summed E-state index contributed by atoms with van der Waals surface area (Å²) in [6, 6.07) is 7.32. The monoisotopic (exact) mass is 359 g/mol. The number of benzene rings is 1. The fraction of sp³-hybridized carbons (Fsp3) is 0.421. The Kier molecular flexibility index (Phi) is 5.65. The maximum Gasteiger partial charge on any atom is 0.357 e. The van der Waals surface area contributed by atoms with E-state index < -0.39 is 12.1 Å². The van der Waals surface area contributed by atoms with Crippen LogP contribution in [0.25, 0.3) is 11.3 Å². The number of nitrogens with zero attached hydrogens (tertiary/aromatic N) is 2. The van der Waals surface area contributed by atoms with Gasteiger partial charge in [0.05, 0.1) is 5.69 Å². The van der Waals surface area contributed by atoms with Gasteiger partial charge < -0.3 is 9.64 Å². The van der Waals surface area contributed by atoms with Crippen molar-refractivity contribution < 1.29 is 18.7 Å². The first-order valence-electron chi connectivity index (χ1n) is 8.86. The predicted octanol–water partition coefficient (Wildman–Crippen LogP) is 3.16. The molecule has 1 aliphatic heterocycles. The van der Waals surface area contributed by atoms with E-state index in [1.807, 2.05) is 0 Å². The van der Waals surface area contributed by atoms with Crippen LogP contribution in [0.3, 0.4) is 0 Å². The van der Waals surface area contributed by atoms with Crippen LogP contribution >= 0.6 is 0 Å². The van der Waals surface area contributed by atoms with Gasteiger partial charge in [-0.3, -0.25) is 9.89 Å². The summed E-state index contributed by atoms with van der Waals surface area (Å²) in [7, 11) is 0. The van der Waals surface area contributed by atoms with Gasteiger partial charge >= 0.3 is 5.97 Å². The largest absolute Gasteiger partial charge is 0.448 e. The lowest BCUT2D eigenvalue weighted by molar-refractivity contribution is -0.139. The topological polar surface area (TPSA) is 75.3 Å². The van der Waals surface area contributed by atoms with Crippen molar-refractivity contribution in [2.75, 3.05) is 13.1 Å². The van der Waals surface area contributed by atoms with E-state index >= 15 is 0 Å². The van der Waals surface area contributed by atoms with Gasteiger partial charge in [-0.15, -0.1) is 0 Å². The minimum absolute atomic E-state index is 0.153. The standard InChI is InChI=1S/C19H22FN3O3/c1-13(18(24)23-10-4-2-3-5-11-23)26-19(25)17-12-16(21-22-17)14-6-8-15(20)9-7-14/h6-9,12-13H,2-5,10-11H2,1H3,(H,21,22). The van der Waals surface area contributed by atoms with E-state index in [2.05, 4.69) is 10.2 Å². The number of ether oxygens (including phenoxy) is 1. The molecule has 0 aliphatic carbocycles. The number of hydrogen-bond donors (Lipinski definition) is 1.